The second-order valence-corrected chi connectivity index (χ2v) is 6.67. The number of carbonyl (C=O) groups is 1. The number of methoxy groups -OCH3 is 1. The van der Waals surface area contributed by atoms with E-state index in [-0.39, 0.29) is 16.8 Å². The maximum absolute atomic E-state index is 12.0. The molecule has 0 N–H and O–H groups in total. The number of carbonyl (C=O) groups excluding carboxylic acids is 1. The van der Waals surface area contributed by atoms with Gasteiger partial charge in [0.25, 0.3) is 10.0 Å². The monoisotopic (exact) mass is 308 g/mol. The fraction of sp³-hybridized carbons (Fsp3) is 0.333. The minimum absolute atomic E-state index is 0.0975. The summed E-state index contributed by atoms with van der Waals surface area (Å²) in [5.74, 6) is -0.369. The highest BCUT2D eigenvalue weighted by atomic mass is 32.2. The second kappa shape index (κ2) is 4.92. The van der Waals surface area contributed by atoms with Gasteiger partial charge in [0.2, 0.25) is 0 Å². The van der Waals surface area contributed by atoms with E-state index in [1.165, 1.54) is 31.8 Å². The number of hydrogen-bond acceptors (Lipinski definition) is 7. The van der Waals surface area contributed by atoms with Gasteiger partial charge in [-0.05, 0) is 18.9 Å². The first-order chi connectivity index (χ1) is 10.0. The fourth-order valence-corrected chi connectivity index (χ4v) is 3.27. The Balaban J connectivity index is 1.95. The Morgan fingerprint density at radius 3 is 2.86 bits per heavy atom. The highest BCUT2D eigenvalue weighted by Crippen LogP contribution is 2.30. The molecule has 1 saturated carbocycles. The van der Waals surface area contributed by atoms with Gasteiger partial charge in [-0.2, -0.15) is 9.19 Å². The summed E-state index contributed by atoms with van der Waals surface area (Å²) in [6.45, 7) is 0. The molecule has 8 nitrogen and oxygen atoms in total. The quantitative estimate of drug-likeness (QED) is 0.756. The Labute approximate surface area is 120 Å². The molecule has 0 aliphatic heterocycles. The third-order valence-corrected chi connectivity index (χ3v) is 5.11. The van der Waals surface area contributed by atoms with Crippen LogP contribution in [0.5, 0.6) is 0 Å². The SMILES string of the molecule is COC(=O)c1ccnc(-c2cnn(S(=O)(=O)C3CC3)c2)n1. The zero-order chi connectivity index (χ0) is 15.0. The normalized spacial score (nSPS) is 14.9. The first kappa shape index (κ1) is 13.7. The average Bonchev–Trinajstić information content (AvgIpc) is 3.24. The molecule has 3 rings (SSSR count). The van der Waals surface area contributed by atoms with Crippen LogP contribution in [0.2, 0.25) is 0 Å². The molecular weight excluding hydrogens is 296 g/mol. The molecule has 2 aromatic rings. The van der Waals surface area contributed by atoms with E-state index in [1.807, 2.05) is 0 Å². The Hall–Kier alpha value is -2.29. The first-order valence-electron chi connectivity index (χ1n) is 6.23. The first-order valence-corrected chi connectivity index (χ1v) is 7.73. The Morgan fingerprint density at radius 2 is 2.19 bits per heavy atom. The molecule has 0 saturated heterocycles. The lowest BCUT2D eigenvalue weighted by Gasteiger charge is -2.01. The van der Waals surface area contributed by atoms with Gasteiger partial charge in [-0.25, -0.2) is 23.2 Å². The third kappa shape index (κ3) is 2.51. The van der Waals surface area contributed by atoms with E-state index < -0.39 is 16.0 Å². The Morgan fingerprint density at radius 1 is 1.43 bits per heavy atom. The molecule has 1 aliphatic carbocycles. The van der Waals surface area contributed by atoms with E-state index in [1.54, 1.807) is 0 Å². The average molecular weight is 308 g/mol. The van der Waals surface area contributed by atoms with Crippen molar-refractivity contribution in [1.29, 1.82) is 0 Å². The van der Waals surface area contributed by atoms with Gasteiger partial charge in [0.15, 0.2) is 11.5 Å². The summed E-state index contributed by atoms with van der Waals surface area (Å²) in [5, 5.41) is 3.50. The summed E-state index contributed by atoms with van der Waals surface area (Å²) in [6.07, 6.45) is 5.43. The summed E-state index contributed by atoms with van der Waals surface area (Å²) in [6, 6.07) is 1.42. The molecule has 21 heavy (non-hydrogen) atoms. The zero-order valence-corrected chi connectivity index (χ0v) is 11.9. The topological polar surface area (TPSA) is 104 Å². The van der Waals surface area contributed by atoms with Gasteiger partial charge < -0.3 is 4.74 Å². The molecule has 0 aromatic carbocycles. The lowest BCUT2D eigenvalue weighted by molar-refractivity contribution is 0.0594. The van der Waals surface area contributed by atoms with E-state index >= 15 is 0 Å². The lowest BCUT2D eigenvalue weighted by atomic mass is 10.3. The van der Waals surface area contributed by atoms with E-state index in [0.29, 0.717) is 18.4 Å². The van der Waals surface area contributed by atoms with Crippen molar-refractivity contribution in [3.63, 3.8) is 0 Å². The summed E-state index contributed by atoms with van der Waals surface area (Å²) >= 11 is 0. The van der Waals surface area contributed by atoms with E-state index in [0.717, 1.165) is 4.09 Å². The van der Waals surface area contributed by atoms with Gasteiger partial charge in [0.1, 0.15) is 0 Å². The summed E-state index contributed by atoms with van der Waals surface area (Å²) in [4.78, 5) is 19.5. The van der Waals surface area contributed by atoms with Crippen LogP contribution < -0.4 is 0 Å². The van der Waals surface area contributed by atoms with Gasteiger partial charge in [-0.15, -0.1) is 0 Å². The minimum atomic E-state index is -3.43. The zero-order valence-electron chi connectivity index (χ0n) is 11.1. The van der Waals surface area contributed by atoms with Crippen LogP contribution in [0.4, 0.5) is 0 Å². The van der Waals surface area contributed by atoms with Crippen molar-refractivity contribution in [3.05, 3.63) is 30.4 Å². The smallest absolute Gasteiger partial charge is 0.356 e. The van der Waals surface area contributed by atoms with Crippen LogP contribution in [0.3, 0.4) is 0 Å². The van der Waals surface area contributed by atoms with Crippen LogP contribution in [-0.4, -0.2) is 45.9 Å². The van der Waals surface area contributed by atoms with Gasteiger partial charge >= 0.3 is 5.97 Å². The van der Waals surface area contributed by atoms with Crippen LogP contribution >= 0.6 is 0 Å². The molecule has 1 fully saturated rings. The highest BCUT2D eigenvalue weighted by molar-refractivity contribution is 7.90. The van der Waals surface area contributed by atoms with E-state index in [2.05, 4.69) is 19.8 Å². The molecule has 2 heterocycles. The van der Waals surface area contributed by atoms with Crippen LogP contribution in [0.15, 0.2) is 24.7 Å². The molecule has 1 aliphatic rings. The lowest BCUT2D eigenvalue weighted by Crippen LogP contribution is -2.17. The van der Waals surface area contributed by atoms with Gasteiger partial charge in [0.05, 0.1) is 30.3 Å². The van der Waals surface area contributed by atoms with E-state index in [4.69, 9.17) is 0 Å². The van der Waals surface area contributed by atoms with Gasteiger partial charge in [-0.1, -0.05) is 0 Å². The third-order valence-electron chi connectivity index (χ3n) is 3.07. The molecule has 0 radical (unpaired) electrons. The molecule has 0 atom stereocenters. The van der Waals surface area contributed by atoms with Crippen molar-refractivity contribution < 1.29 is 17.9 Å². The summed E-state index contributed by atoms with van der Waals surface area (Å²) in [5.41, 5.74) is 0.519. The molecule has 0 bridgehead atoms. The number of aromatic nitrogens is 4. The van der Waals surface area contributed by atoms with Crippen molar-refractivity contribution in [2.24, 2.45) is 0 Å². The van der Waals surface area contributed by atoms with Crippen molar-refractivity contribution in [2.45, 2.75) is 18.1 Å². The maximum Gasteiger partial charge on any atom is 0.356 e. The number of hydrogen-bond donors (Lipinski definition) is 0. The standard InChI is InChI=1S/C12H12N4O4S/c1-20-12(17)10-4-5-13-11(15-10)8-6-14-16(7-8)21(18,19)9-2-3-9/h4-7,9H,2-3H2,1H3. The number of esters is 1. The number of rotatable bonds is 4. The van der Waals surface area contributed by atoms with Gasteiger partial charge in [0, 0.05) is 6.20 Å². The van der Waals surface area contributed by atoms with Crippen molar-refractivity contribution in [2.75, 3.05) is 7.11 Å². The number of ether oxygens (including phenoxy) is 1. The Bertz CT molecular complexity index is 795. The maximum atomic E-state index is 12.0. The predicted molar refractivity (Wildman–Crippen MR) is 71.9 cm³/mol. The van der Waals surface area contributed by atoms with Crippen molar-refractivity contribution in [3.8, 4) is 11.4 Å². The minimum Gasteiger partial charge on any atom is -0.464 e. The van der Waals surface area contributed by atoms with Crippen LogP contribution in [0.25, 0.3) is 11.4 Å². The van der Waals surface area contributed by atoms with Crippen LogP contribution in [0, 0.1) is 0 Å². The fourth-order valence-electron chi connectivity index (χ4n) is 1.79. The second-order valence-electron chi connectivity index (χ2n) is 4.60. The molecule has 9 heteroatoms. The highest BCUT2D eigenvalue weighted by Gasteiger charge is 2.37. The van der Waals surface area contributed by atoms with Crippen LogP contribution in [0.1, 0.15) is 23.3 Å². The Kier molecular flexibility index (Phi) is 3.20. The molecule has 0 amide bonds. The summed E-state index contributed by atoms with van der Waals surface area (Å²) in [7, 11) is -2.17. The summed E-state index contributed by atoms with van der Waals surface area (Å²) < 4.78 is 29.6. The molecule has 110 valence electrons. The predicted octanol–water partition coefficient (Wildman–Crippen LogP) is 0.467. The van der Waals surface area contributed by atoms with Crippen molar-refractivity contribution >= 4 is 16.0 Å². The number of nitrogens with zero attached hydrogens (tertiary/aromatic N) is 4. The molecular formula is C12H12N4O4S. The largest absolute Gasteiger partial charge is 0.464 e. The molecule has 2 aromatic heterocycles. The van der Waals surface area contributed by atoms with E-state index in [9.17, 15) is 13.2 Å². The molecule has 0 unspecified atom stereocenters. The van der Waals surface area contributed by atoms with Gasteiger partial charge in [-0.3, -0.25) is 0 Å². The van der Waals surface area contributed by atoms with Crippen LogP contribution in [-0.2, 0) is 14.8 Å². The molecule has 0 spiro atoms. The van der Waals surface area contributed by atoms with Crippen molar-refractivity contribution in [1.82, 2.24) is 19.2 Å².